The van der Waals surface area contributed by atoms with Crippen LogP contribution in [-0.2, 0) is 14.3 Å². The predicted octanol–water partition coefficient (Wildman–Crippen LogP) is 4.01. The molecule has 0 heterocycles. The van der Waals surface area contributed by atoms with Gasteiger partial charge in [0.15, 0.2) is 6.61 Å². The highest BCUT2D eigenvalue weighted by Crippen LogP contribution is 2.27. The molecule has 2 aromatic carbocycles. The fourth-order valence-electron chi connectivity index (χ4n) is 2.24. The largest absolute Gasteiger partial charge is 0.456 e. The van der Waals surface area contributed by atoms with Gasteiger partial charge in [0, 0.05) is 16.7 Å². The van der Waals surface area contributed by atoms with Gasteiger partial charge >= 0.3 is 5.97 Å². The molecule has 0 bridgehead atoms. The van der Waals surface area contributed by atoms with E-state index < -0.39 is 23.4 Å². The van der Waals surface area contributed by atoms with Gasteiger partial charge in [-0.25, -0.2) is 4.39 Å². The van der Waals surface area contributed by atoms with E-state index in [1.165, 1.54) is 36.0 Å². The highest BCUT2D eigenvalue weighted by molar-refractivity contribution is 7.99. The van der Waals surface area contributed by atoms with E-state index in [1.807, 2.05) is 0 Å². The van der Waals surface area contributed by atoms with Crippen LogP contribution in [0.4, 0.5) is 15.8 Å². The van der Waals surface area contributed by atoms with Crippen LogP contribution in [-0.4, -0.2) is 29.2 Å². The second-order valence-electron chi connectivity index (χ2n) is 5.97. The Balaban J connectivity index is 1.80. The van der Waals surface area contributed by atoms with Crippen molar-refractivity contribution in [3.05, 3.63) is 63.5 Å². The lowest BCUT2D eigenvalue weighted by Gasteiger charge is -2.09. The third-order valence-corrected chi connectivity index (χ3v) is 4.85. The Morgan fingerprint density at radius 3 is 2.46 bits per heavy atom. The minimum Gasteiger partial charge on any atom is -0.456 e. The molecule has 0 aliphatic carbocycles. The van der Waals surface area contributed by atoms with E-state index in [2.05, 4.69) is 5.32 Å². The number of halogens is 1. The maximum absolute atomic E-state index is 12.8. The summed E-state index contributed by atoms with van der Waals surface area (Å²) >= 11 is 1.36. The number of ether oxygens (including phenoxy) is 1. The van der Waals surface area contributed by atoms with Crippen molar-refractivity contribution >= 4 is 35.0 Å². The molecule has 148 valence electrons. The van der Waals surface area contributed by atoms with Gasteiger partial charge in [0.1, 0.15) is 11.5 Å². The zero-order chi connectivity index (χ0) is 20.7. The Labute approximate surface area is 165 Å². The van der Waals surface area contributed by atoms with Crippen LogP contribution in [0.25, 0.3) is 0 Å². The van der Waals surface area contributed by atoms with Crippen LogP contribution in [0.5, 0.6) is 0 Å². The van der Waals surface area contributed by atoms with Crippen molar-refractivity contribution in [3.63, 3.8) is 0 Å². The Bertz CT molecular complexity index is 887. The number of anilines is 1. The molecule has 0 aromatic heterocycles. The predicted molar refractivity (Wildman–Crippen MR) is 104 cm³/mol. The zero-order valence-corrected chi connectivity index (χ0v) is 16.2. The van der Waals surface area contributed by atoms with Gasteiger partial charge in [0.25, 0.3) is 11.6 Å². The van der Waals surface area contributed by atoms with E-state index in [0.29, 0.717) is 5.75 Å². The highest BCUT2D eigenvalue weighted by atomic mass is 32.2. The molecule has 0 fully saturated rings. The number of hydrogen-bond donors (Lipinski definition) is 1. The van der Waals surface area contributed by atoms with E-state index in [9.17, 15) is 24.1 Å². The number of carbonyl (C=O) groups is 2. The van der Waals surface area contributed by atoms with Gasteiger partial charge in [0.05, 0.1) is 11.3 Å². The van der Waals surface area contributed by atoms with Gasteiger partial charge in [-0.3, -0.25) is 19.7 Å². The zero-order valence-electron chi connectivity index (χ0n) is 15.4. The normalized spacial score (nSPS) is 10.4. The number of rotatable bonds is 8. The van der Waals surface area contributed by atoms with Crippen molar-refractivity contribution in [1.82, 2.24) is 0 Å². The molecule has 7 nitrogen and oxygen atoms in total. The third kappa shape index (κ3) is 6.34. The average Bonchev–Trinajstić information content (AvgIpc) is 2.64. The molecular formula is C19H19FN2O5S. The summed E-state index contributed by atoms with van der Waals surface area (Å²) in [6.07, 6.45) is 0.0686. The van der Waals surface area contributed by atoms with E-state index in [-0.39, 0.29) is 23.6 Å². The molecule has 28 heavy (non-hydrogen) atoms. The first kappa shape index (κ1) is 21.4. The third-order valence-electron chi connectivity index (χ3n) is 3.84. The van der Waals surface area contributed by atoms with E-state index >= 15 is 0 Å². The smallest absolute Gasteiger partial charge is 0.307 e. The summed E-state index contributed by atoms with van der Waals surface area (Å²) in [5.74, 6) is -1.15. The maximum Gasteiger partial charge on any atom is 0.307 e. The second-order valence-corrected chi connectivity index (χ2v) is 7.14. The van der Waals surface area contributed by atoms with Gasteiger partial charge in [-0.2, -0.15) is 0 Å². The summed E-state index contributed by atoms with van der Waals surface area (Å²) in [6.45, 7) is 2.97. The molecule has 1 amide bonds. The summed E-state index contributed by atoms with van der Waals surface area (Å²) in [6, 6.07) is 8.76. The number of hydrogen-bond acceptors (Lipinski definition) is 6. The number of benzene rings is 2. The molecule has 0 saturated heterocycles. The number of nitrogens with zero attached hydrogens (tertiary/aromatic N) is 1. The lowest BCUT2D eigenvalue weighted by molar-refractivity contribution is -0.384. The average molecular weight is 406 g/mol. The standard InChI is InChI=1S/C19H19FN2O5S/c1-12-9-16(17(22(25)26)10-13(12)2)21-18(23)11-27-19(24)7-8-28-15-5-3-14(20)4-6-15/h3-6,9-10H,7-8,11H2,1-2H3,(H,21,23). The van der Waals surface area contributed by atoms with E-state index in [4.69, 9.17) is 4.74 Å². The molecule has 1 N–H and O–H groups in total. The van der Waals surface area contributed by atoms with Gasteiger partial charge in [0.2, 0.25) is 0 Å². The molecule has 0 saturated carbocycles. The second kappa shape index (κ2) is 9.84. The fraction of sp³-hybridized carbons (Fsp3) is 0.263. The maximum atomic E-state index is 12.8. The van der Waals surface area contributed by atoms with Crippen molar-refractivity contribution in [1.29, 1.82) is 0 Å². The van der Waals surface area contributed by atoms with Crippen molar-refractivity contribution in [2.75, 3.05) is 17.7 Å². The molecule has 2 rings (SSSR count). The van der Waals surface area contributed by atoms with E-state index in [1.54, 1.807) is 26.0 Å². The SMILES string of the molecule is Cc1cc(NC(=O)COC(=O)CCSc2ccc(F)cc2)c([N+](=O)[O-])cc1C. The van der Waals surface area contributed by atoms with Crippen molar-refractivity contribution in [3.8, 4) is 0 Å². The van der Waals surface area contributed by atoms with E-state index in [0.717, 1.165) is 16.0 Å². The Morgan fingerprint density at radius 2 is 1.82 bits per heavy atom. The summed E-state index contributed by atoms with van der Waals surface area (Å²) in [7, 11) is 0. The number of aryl methyl sites for hydroxylation is 2. The summed E-state index contributed by atoms with van der Waals surface area (Å²) in [5.41, 5.74) is 1.35. The first-order valence-electron chi connectivity index (χ1n) is 8.35. The minimum atomic E-state index is -0.661. The topological polar surface area (TPSA) is 98.5 Å². The van der Waals surface area contributed by atoms with Gasteiger partial charge in [-0.15, -0.1) is 11.8 Å². The minimum absolute atomic E-state index is 0.0565. The van der Waals surface area contributed by atoms with Crippen LogP contribution in [0, 0.1) is 29.8 Å². The fourth-order valence-corrected chi connectivity index (χ4v) is 3.07. The number of carbonyl (C=O) groups excluding carboxylic acids is 2. The van der Waals surface area contributed by atoms with Gasteiger partial charge in [-0.05, 0) is 55.3 Å². The number of amides is 1. The van der Waals surface area contributed by atoms with Crippen LogP contribution >= 0.6 is 11.8 Å². The first-order chi connectivity index (χ1) is 13.3. The monoisotopic (exact) mass is 406 g/mol. The summed E-state index contributed by atoms with van der Waals surface area (Å²) in [5, 5.41) is 13.5. The molecule has 9 heteroatoms. The lowest BCUT2D eigenvalue weighted by Crippen LogP contribution is -2.21. The number of nitro groups is 1. The molecule has 0 aliphatic rings. The van der Waals surface area contributed by atoms with Crippen molar-refractivity contribution in [2.24, 2.45) is 0 Å². The quantitative estimate of drug-likeness (QED) is 0.308. The van der Waals surface area contributed by atoms with Gasteiger partial charge in [-0.1, -0.05) is 0 Å². The Morgan fingerprint density at radius 1 is 1.18 bits per heavy atom. The number of esters is 1. The molecule has 0 spiro atoms. The van der Waals surface area contributed by atoms with Gasteiger partial charge < -0.3 is 10.1 Å². The van der Waals surface area contributed by atoms with Crippen LogP contribution in [0.2, 0.25) is 0 Å². The molecule has 0 aliphatic heterocycles. The van der Waals surface area contributed by atoms with Crippen LogP contribution in [0.3, 0.4) is 0 Å². The Kier molecular flexibility index (Phi) is 7.51. The molecule has 0 atom stereocenters. The number of nitrogens with one attached hydrogen (secondary N) is 1. The van der Waals surface area contributed by atoms with Crippen molar-refractivity contribution in [2.45, 2.75) is 25.2 Å². The molecule has 2 aromatic rings. The molecule has 0 unspecified atom stereocenters. The van der Waals surface area contributed by atoms with Crippen molar-refractivity contribution < 1.29 is 23.6 Å². The Hall–Kier alpha value is -2.94. The summed E-state index contributed by atoms with van der Waals surface area (Å²) < 4.78 is 17.7. The molecule has 0 radical (unpaired) electrons. The van der Waals surface area contributed by atoms with Crippen LogP contribution in [0.15, 0.2) is 41.3 Å². The highest BCUT2D eigenvalue weighted by Gasteiger charge is 2.18. The lowest BCUT2D eigenvalue weighted by atomic mass is 10.1. The van der Waals surface area contributed by atoms with Crippen LogP contribution < -0.4 is 5.32 Å². The van der Waals surface area contributed by atoms with Crippen LogP contribution in [0.1, 0.15) is 17.5 Å². The summed E-state index contributed by atoms with van der Waals surface area (Å²) in [4.78, 5) is 35.1. The molecular weight excluding hydrogens is 387 g/mol. The number of nitro benzene ring substituents is 1. The first-order valence-corrected chi connectivity index (χ1v) is 9.34. The number of thioether (sulfide) groups is 1.